The Kier molecular flexibility index (Phi) is 5.95. The molecule has 2 atom stereocenters. The third-order valence-electron chi connectivity index (χ3n) is 6.16. The SMILES string of the molecule is O=C(NCCCc1ccccc1)[C@@H]1C[C@]2(CCN(Cc3ccccc3)C2)C(=O)N1. The van der Waals surface area contributed by atoms with E-state index in [1.54, 1.807) is 0 Å². The van der Waals surface area contributed by atoms with Gasteiger partial charge in [0.1, 0.15) is 6.04 Å². The lowest BCUT2D eigenvalue weighted by Gasteiger charge is -2.21. The van der Waals surface area contributed by atoms with Gasteiger partial charge in [-0.2, -0.15) is 0 Å². The number of rotatable bonds is 7. The first kappa shape index (κ1) is 19.6. The van der Waals surface area contributed by atoms with Crippen molar-refractivity contribution in [1.82, 2.24) is 15.5 Å². The van der Waals surface area contributed by atoms with Crippen molar-refractivity contribution >= 4 is 11.8 Å². The van der Waals surface area contributed by atoms with Gasteiger partial charge < -0.3 is 10.6 Å². The van der Waals surface area contributed by atoms with Crippen LogP contribution in [0.4, 0.5) is 0 Å². The van der Waals surface area contributed by atoms with Gasteiger partial charge >= 0.3 is 0 Å². The average Bonchev–Trinajstić information content (AvgIpc) is 3.30. The number of aryl methyl sites for hydroxylation is 1. The molecule has 2 heterocycles. The fraction of sp³-hybridized carbons (Fsp3) is 0.417. The summed E-state index contributed by atoms with van der Waals surface area (Å²) in [7, 11) is 0. The minimum absolute atomic E-state index is 0.0393. The lowest BCUT2D eigenvalue weighted by molar-refractivity contribution is -0.128. The van der Waals surface area contributed by atoms with Crippen LogP contribution in [0.2, 0.25) is 0 Å². The zero-order valence-electron chi connectivity index (χ0n) is 16.8. The molecular weight excluding hydrogens is 362 g/mol. The normalized spacial score (nSPS) is 24.0. The number of nitrogens with one attached hydrogen (secondary N) is 2. The Hall–Kier alpha value is -2.66. The molecule has 0 bridgehead atoms. The smallest absolute Gasteiger partial charge is 0.242 e. The lowest BCUT2D eigenvalue weighted by Crippen LogP contribution is -2.42. The molecule has 2 aliphatic rings. The molecule has 0 aliphatic carbocycles. The zero-order chi connectivity index (χ0) is 20.1. The minimum Gasteiger partial charge on any atom is -0.354 e. The number of carbonyl (C=O) groups is 2. The van der Waals surface area contributed by atoms with Crippen LogP contribution in [0.5, 0.6) is 0 Å². The van der Waals surface area contributed by atoms with Crippen molar-refractivity contribution in [3.63, 3.8) is 0 Å². The monoisotopic (exact) mass is 391 g/mol. The summed E-state index contributed by atoms with van der Waals surface area (Å²) in [6.07, 6.45) is 3.26. The third kappa shape index (κ3) is 4.67. The highest BCUT2D eigenvalue weighted by atomic mass is 16.2. The number of carbonyl (C=O) groups excluding carboxylic acids is 2. The van der Waals surface area contributed by atoms with Crippen molar-refractivity contribution in [3.8, 4) is 0 Å². The van der Waals surface area contributed by atoms with Gasteiger partial charge in [-0.25, -0.2) is 0 Å². The molecule has 0 unspecified atom stereocenters. The van der Waals surface area contributed by atoms with Crippen LogP contribution in [0.25, 0.3) is 0 Å². The summed E-state index contributed by atoms with van der Waals surface area (Å²) >= 11 is 0. The van der Waals surface area contributed by atoms with Gasteiger partial charge in [0.15, 0.2) is 0 Å². The molecular formula is C24H29N3O2. The molecule has 29 heavy (non-hydrogen) atoms. The summed E-state index contributed by atoms with van der Waals surface area (Å²) < 4.78 is 0. The molecule has 2 saturated heterocycles. The van der Waals surface area contributed by atoms with Crippen LogP contribution in [-0.2, 0) is 22.6 Å². The molecule has 2 aromatic rings. The summed E-state index contributed by atoms with van der Waals surface area (Å²) in [4.78, 5) is 27.6. The summed E-state index contributed by atoms with van der Waals surface area (Å²) in [5, 5.41) is 5.96. The van der Waals surface area contributed by atoms with E-state index in [1.165, 1.54) is 11.1 Å². The van der Waals surface area contributed by atoms with Crippen LogP contribution < -0.4 is 10.6 Å². The summed E-state index contributed by atoms with van der Waals surface area (Å²) in [5.41, 5.74) is 2.12. The number of hydrogen-bond donors (Lipinski definition) is 2. The van der Waals surface area contributed by atoms with E-state index in [1.807, 2.05) is 36.4 Å². The lowest BCUT2D eigenvalue weighted by atomic mass is 9.84. The quantitative estimate of drug-likeness (QED) is 0.713. The van der Waals surface area contributed by atoms with Crippen LogP contribution >= 0.6 is 0 Å². The molecule has 4 rings (SSSR count). The standard InChI is InChI=1S/C24H29N3O2/c28-22(25-14-7-12-19-8-3-1-4-9-19)21-16-24(23(29)26-21)13-15-27(18-24)17-20-10-5-2-6-11-20/h1-6,8-11,21H,7,12-18H2,(H,25,28)(H,26,29)/t21-,24-/m0/s1. The molecule has 2 aromatic carbocycles. The molecule has 2 N–H and O–H groups in total. The largest absolute Gasteiger partial charge is 0.354 e. The second-order valence-electron chi connectivity index (χ2n) is 8.34. The first-order valence-corrected chi connectivity index (χ1v) is 10.5. The molecule has 152 valence electrons. The van der Waals surface area contributed by atoms with E-state index < -0.39 is 11.5 Å². The Balaban J connectivity index is 1.25. The van der Waals surface area contributed by atoms with E-state index >= 15 is 0 Å². The highest BCUT2D eigenvalue weighted by Gasteiger charge is 2.52. The topological polar surface area (TPSA) is 61.4 Å². The number of hydrogen-bond acceptors (Lipinski definition) is 3. The highest BCUT2D eigenvalue weighted by Crippen LogP contribution is 2.40. The van der Waals surface area contributed by atoms with Crippen LogP contribution in [-0.4, -0.2) is 42.4 Å². The average molecular weight is 392 g/mol. The third-order valence-corrected chi connectivity index (χ3v) is 6.16. The fourth-order valence-electron chi connectivity index (χ4n) is 4.56. The molecule has 0 aromatic heterocycles. The molecule has 0 saturated carbocycles. The Morgan fingerprint density at radius 2 is 1.76 bits per heavy atom. The number of nitrogens with zero attached hydrogens (tertiary/aromatic N) is 1. The minimum atomic E-state index is -0.416. The van der Waals surface area contributed by atoms with E-state index in [2.05, 4.69) is 39.8 Å². The van der Waals surface area contributed by atoms with Crippen molar-refractivity contribution in [3.05, 3.63) is 71.8 Å². The van der Waals surface area contributed by atoms with Gasteiger partial charge in [-0.1, -0.05) is 60.7 Å². The molecule has 5 nitrogen and oxygen atoms in total. The van der Waals surface area contributed by atoms with Crippen LogP contribution in [0.1, 0.15) is 30.4 Å². The predicted octanol–water partition coefficient (Wildman–Crippen LogP) is 2.52. The van der Waals surface area contributed by atoms with Crippen LogP contribution in [0.15, 0.2) is 60.7 Å². The maximum absolute atomic E-state index is 12.7. The van der Waals surface area contributed by atoms with Gasteiger partial charge in [0.2, 0.25) is 11.8 Å². The number of likely N-dealkylation sites (tertiary alicyclic amines) is 1. The van der Waals surface area contributed by atoms with Gasteiger partial charge in [0, 0.05) is 19.6 Å². The summed E-state index contributed by atoms with van der Waals surface area (Å²) in [6.45, 7) is 3.11. The summed E-state index contributed by atoms with van der Waals surface area (Å²) in [6, 6.07) is 20.2. The first-order valence-electron chi connectivity index (χ1n) is 10.5. The predicted molar refractivity (Wildman–Crippen MR) is 113 cm³/mol. The molecule has 2 amide bonds. The molecule has 2 aliphatic heterocycles. The summed E-state index contributed by atoms with van der Waals surface area (Å²) in [5.74, 6) is -0.0118. The van der Waals surface area contributed by atoms with Gasteiger partial charge in [0.05, 0.1) is 5.41 Å². The van der Waals surface area contributed by atoms with Gasteiger partial charge in [-0.15, -0.1) is 0 Å². The van der Waals surface area contributed by atoms with Gasteiger partial charge in [-0.3, -0.25) is 14.5 Å². The fourth-order valence-corrected chi connectivity index (χ4v) is 4.56. The van der Waals surface area contributed by atoms with E-state index in [0.29, 0.717) is 13.0 Å². The van der Waals surface area contributed by atoms with Crippen molar-refractivity contribution in [1.29, 1.82) is 0 Å². The van der Waals surface area contributed by atoms with Crippen molar-refractivity contribution < 1.29 is 9.59 Å². The molecule has 1 spiro atoms. The molecule has 5 heteroatoms. The second-order valence-corrected chi connectivity index (χ2v) is 8.34. The van der Waals surface area contributed by atoms with Gasteiger partial charge in [-0.05, 0) is 43.4 Å². The Morgan fingerprint density at radius 1 is 1.07 bits per heavy atom. The Bertz CT molecular complexity index is 840. The molecule has 2 fully saturated rings. The molecule has 0 radical (unpaired) electrons. The Morgan fingerprint density at radius 3 is 2.48 bits per heavy atom. The van der Waals surface area contributed by atoms with Crippen molar-refractivity contribution in [2.24, 2.45) is 5.41 Å². The second kappa shape index (κ2) is 8.78. The van der Waals surface area contributed by atoms with Crippen molar-refractivity contribution in [2.45, 2.75) is 38.3 Å². The van der Waals surface area contributed by atoms with Gasteiger partial charge in [0.25, 0.3) is 0 Å². The zero-order valence-corrected chi connectivity index (χ0v) is 16.8. The van der Waals surface area contributed by atoms with E-state index in [9.17, 15) is 9.59 Å². The van der Waals surface area contributed by atoms with Crippen LogP contribution in [0, 0.1) is 5.41 Å². The van der Waals surface area contributed by atoms with Crippen molar-refractivity contribution in [2.75, 3.05) is 19.6 Å². The highest BCUT2D eigenvalue weighted by molar-refractivity contribution is 5.94. The maximum atomic E-state index is 12.7. The van der Waals surface area contributed by atoms with E-state index in [4.69, 9.17) is 0 Å². The van der Waals surface area contributed by atoms with Crippen LogP contribution in [0.3, 0.4) is 0 Å². The van der Waals surface area contributed by atoms with E-state index in [0.717, 1.165) is 38.9 Å². The Labute approximate surface area is 172 Å². The number of benzene rings is 2. The first-order chi connectivity index (χ1) is 14.1. The van der Waals surface area contributed by atoms with E-state index in [-0.39, 0.29) is 11.8 Å². The number of amides is 2. The maximum Gasteiger partial charge on any atom is 0.242 e.